The molecule has 2 aromatic rings. The maximum Gasteiger partial charge on any atom is 0.305 e. The quantitative estimate of drug-likeness (QED) is 0.733. The first-order valence-electron chi connectivity index (χ1n) is 7.40. The van der Waals surface area contributed by atoms with Crippen molar-refractivity contribution in [3.63, 3.8) is 0 Å². The number of rotatable bonds is 8. The van der Waals surface area contributed by atoms with Crippen molar-refractivity contribution in [2.75, 3.05) is 0 Å². The minimum atomic E-state index is -0.899. The number of carbonyl (C=O) groups is 2. The molecular weight excluding hydrogens is 300 g/mol. The lowest BCUT2D eigenvalue weighted by molar-refractivity contribution is -0.137. The van der Waals surface area contributed by atoms with Gasteiger partial charge in [-0.25, -0.2) is 4.98 Å². The molecule has 0 radical (unpaired) electrons. The number of carboxylic acid groups (broad SMARTS) is 1. The summed E-state index contributed by atoms with van der Waals surface area (Å²) in [5, 5.41) is 12.4. The lowest BCUT2D eigenvalue weighted by atomic mass is 10.1. The maximum absolute atomic E-state index is 11.7. The molecular formula is C16H20N2O3S. The SMILES string of the molecule is CC(CC(=O)O)NC(=O)CCCCc1nc2ccccc2s1. The van der Waals surface area contributed by atoms with E-state index < -0.39 is 5.97 Å². The van der Waals surface area contributed by atoms with Crippen LogP contribution in [0.4, 0.5) is 0 Å². The fourth-order valence-electron chi connectivity index (χ4n) is 2.25. The first-order chi connectivity index (χ1) is 10.5. The zero-order valence-corrected chi connectivity index (χ0v) is 13.4. The normalized spacial score (nSPS) is 12.2. The number of amides is 1. The van der Waals surface area contributed by atoms with E-state index in [-0.39, 0.29) is 18.4 Å². The van der Waals surface area contributed by atoms with Gasteiger partial charge in [0.15, 0.2) is 0 Å². The van der Waals surface area contributed by atoms with Crippen LogP contribution in [0.2, 0.25) is 0 Å². The van der Waals surface area contributed by atoms with Crippen LogP contribution in [0.3, 0.4) is 0 Å². The zero-order chi connectivity index (χ0) is 15.9. The van der Waals surface area contributed by atoms with E-state index in [2.05, 4.69) is 16.4 Å². The number of fused-ring (bicyclic) bond motifs is 1. The molecule has 0 bridgehead atoms. The highest BCUT2D eigenvalue weighted by Gasteiger charge is 2.10. The first-order valence-corrected chi connectivity index (χ1v) is 8.22. The third-order valence-electron chi connectivity index (χ3n) is 3.27. The second kappa shape index (κ2) is 7.89. The van der Waals surface area contributed by atoms with E-state index in [0.717, 1.165) is 29.8 Å². The van der Waals surface area contributed by atoms with Gasteiger partial charge in [-0.2, -0.15) is 0 Å². The molecule has 0 saturated carbocycles. The number of aryl methyl sites for hydroxylation is 1. The maximum atomic E-state index is 11.7. The largest absolute Gasteiger partial charge is 0.481 e. The summed E-state index contributed by atoms with van der Waals surface area (Å²) >= 11 is 1.70. The Balaban J connectivity index is 1.68. The van der Waals surface area contributed by atoms with Crippen molar-refractivity contribution in [3.8, 4) is 0 Å². The number of hydrogen-bond acceptors (Lipinski definition) is 4. The molecule has 2 rings (SSSR count). The lowest BCUT2D eigenvalue weighted by Gasteiger charge is -2.11. The van der Waals surface area contributed by atoms with Gasteiger partial charge in [0.25, 0.3) is 0 Å². The van der Waals surface area contributed by atoms with E-state index in [9.17, 15) is 9.59 Å². The van der Waals surface area contributed by atoms with E-state index in [4.69, 9.17) is 5.11 Å². The number of nitrogens with one attached hydrogen (secondary N) is 1. The topological polar surface area (TPSA) is 79.3 Å². The Bertz CT molecular complexity index is 621. The Labute approximate surface area is 133 Å². The second-order valence-electron chi connectivity index (χ2n) is 5.35. The van der Waals surface area contributed by atoms with Gasteiger partial charge in [0.05, 0.1) is 21.6 Å². The lowest BCUT2D eigenvalue weighted by Crippen LogP contribution is -2.33. The van der Waals surface area contributed by atoms with Crippen molar-refractivity contribution >= 4 is 33.4 Å². The van der Waals surface area contributed by atoms with E-state index in [1.54, 1.807) is 18.3 Å². The van der Waals surface area contributed by atoms with Crippen molar-refractivity contribution in [1.82, 2.24) is 10.3 Å². The van der Waals surface area contributed by atoms with Crippen LogP contribution in [0, 0.1) is 0 Å². The predicted molar refractivity (Wildman–Crippen MR) is 87.0 cm³/mol. The second-order valence-corrected chi connectivity index (χ2v) is 6.46. The summed E-state index contributed by atoms with van der Waals surface area (Å²) in [4.78, 5) is 26.8. The number of aromatic nitrogens is 1. The van der Waals surface area contributed by atoms with E-state index >= 15 is 0 Å². The molecule has 1 unspecified atom stereocenters. The number of nitrogens with zero attached hydrogens (tertiary/aromatic N) is 1. The zero-order valence-electron chi connectivity index (χ0n) is 12.5. The van der Waals surface area contributed by atoms with Crippen LogP contribution in [-0.4, -0.2) is 28.0 Å². The molecule has 1 heterocycles. The standard InChI is InChI=1S/C16H20N2O3S/c1-11(10-16(20)21)17-14(19)8-4-5-9-15-18-12-6-2-3-7-13(12)22-15/h2-3,6-7,11H,4-5,8-10H2,1H3,(H,17,19)(H,20,21). The molecule has 118 valence electrons. The average Bonchev–Trinajstić information content (AvgIpc) is 2.85. The molecule has 0 saturated heterocycles. The fraction of sp³-hybridized carbons (Fsp3) is 0.438. The summed E-state index contributed by atoms with van der Waals surface area (Å²) in [5.74, 6) is -0.985. The molecule has 5 nitrogen and oxygen atoms in total. The Kier molecular flexibility index (Phi) is 5.89. The van der Waals surface area contributed by atoms with Gasteiger partial charge in [0, 0.05) is 12.5 Å². The third kappa shape index (κ3) is 5.11. The summed E-state index contributed by atoms with van der Waals surface area (Å²) in [6.07, 6.45) is 2.94. The number of unbranched alkanes of at least 4 members (excludes halogenated alkanes) is 1. The van der Waals surface area contributed by atoms with Crippen LogP contribution in [0.5, 0.6) is 0 Å². The van der Waals surface area contributed by atoms with Gasteiger partial charge in [-0.1, -0.05) is 12.1 Å². The summed E-state index contributed by atoms with van der Waals surface area (Å²) in [5.41, 5.74) is 1.03. The summed E-state index contributed by atoms with van der Waals surface area (Å²) < 4.78 is 1.19. The van der Waals surface area contributed by atoms with Crippen LogP contribution in [0.15, 0.2) is 24.3 Å². The highest BCUT2D eigenvalue weighted by molar-refractivity contribution is 7.18. The van der Waals surface area contributed by atoms with Crippen molar-refractivity contribution in [2.24, 2.45) is 0 Å². The Morgan fingerprint density at radius 1 is 1.32 bits per heavy atom. The van der Waals surface area contributed by atoms with Crippen molar-refractivity contribution in [2.45, 2.75) is 45.1 Å². The molecule has 1 amide bonds. The number of carboxylic acids is 1. The number of hydrogen-bond donors (Lipinski definition) is 2. The van der Waals surface area contributed by atoms with Gasteiger partial charge < -0.3 is 10.4 Å². The minimum absolute atomic E-state index is 0.0442. The van der Waals surface area contributed by atoms with Crippen molar-refractivity contribution in [3.05, 3.63) is 29.3 Å². The molecule has 0 spiro atoms. The first kappa shape index (κ1) is 16.4. The molecule has 0 aliphatic carbocycles. The fourth-order valence-corrected chi connectivity index (χ4v) is 3.26. The number of thiazole rings is 1. The Morgan fingerprint density at radius 2 is 2.09 bits per heavy atom. The number of para-hydroxylation sites is 1. The molecule has 1 atom stereocenters. The number of benzene rings is 1. The molecule has 6 heteroatoms. The van der Waals surface area contributed by atoms with Crippen molar-refractivity contribution < 1.29 is 14.7 Å². The van der Waals surface area contributed by atoms with Gasteiger partial charge >= 0.3 is 5.97 Å². The van der Waals surface area contributed by atoms with E-state index in [1.807, 2.05) is 18.2 Å². The van der Waals surface area contributed by atoms with Gasteiger partial charge in [-0.3, -0.25) is 9.59 Å². The summed E-state index contributed by atoms with van der Waals surface area (Å²) in [7, 11) is 0. The predicted octanol–water partition coefficient (Wildman–Crippen LogP) is 2.99. The van der Waals surface area contributed by atoms with Crippen LogP contribution in [0.1, 0.15) is 37.6 Å². The summed E-state index contributed by atoms with van der Waals surface area (Å²) in [6.45, 7) is 1.70. The minimum Gasteiger partial charge on any atom is -0.481 e. The van der Waals surface area contributed by atoms with Crippen molar-refractivity contribution in [1.29, 1.82) is 0 Å². The Morgan fingerprint density at radius 3 is 2.82 bits per heavy atom. The molecule has 0 aliphatic rings. The molecule has 0 fully saturated rings. The van der Waals surface area contributed by atoms with Gasteiger partial charge in [0.1, 0.15) is 0 Å². The van der Waals surface area contributed by atoms with Crippen LogP contribution < -0.4 is 5.32 Å². The smallest absolute Gasteiger partial charge is 0.305 e. The Hall–Kier alpha value is -1.95. The van der Waals surface area contributed by atoms with Gasteiger partial charge in [-0.05, 0) is 38.3 Å². The number of carbonyl (C=O) groups excluding carboxylic acids is 1. The van der Waals surface area contributed by atoms with Gasteiger partial charge in [0.2, 0.25) is 5.91 Å². The third-order valence-corrected chi connectivity index (χ3v) is 4.37. The molecule has 1 aromatic carbocycles. The monoisotopic (exact) mass is 320 g/mol. The number of aliphatic carboxylic acids is 1. The summed E-state index contributed by atoms with van der Waals surface area (Å²) in [6, 6.07) is 7.73. The highest BCUT2D eigenvalue weighted by atomic mass is 32.1. The van der Waals surface area contributed by atoms with Crippen LogP contribution >= 0.6 is 11.3 Å². The van der Waals surface area contributed by atoms with Crippen LogP contribution in [-0.2, 0) is 16.0 Å². The van der Waals surface area contributed by atoms with Gasteiger partial charge in [-0.15, -0.1) is 11.3 Å². The molecule has 1 aromatic heterocycles. The molecule has 22 heavy (non-hydrogen) atoms. The van der Waals surface area contributed by atoms with E-state index in [0.29, 0.717) is 6.42 Å². The van der Waals surface area contributed by atoms with E-state index in [1.165, 1.54) is 4.70 Å². The average molecular weight is 320 g/mol. The highest BCUT2D eigenvalue weighted by Crippen LogP contribution is 2.22. The van der Waals surface area contributed by atoms with Crippen LogP contribution in [0.25, 0.3) is 10.2 Å². The molecule has 0 aliphatic heterocycles. The molecule has 2 N–H and O–H groups in total.